The van der Waals surface area contributed by atoms with Crippen molar-refractivity contribution in [1.29, 1.82) is 0 Å². The Balaban J connectivity index is 2.48. The van der Waals surface area contributed by atoms with E-state index >= 15 is 0 Å². The minimum atomic E-state index is -0.00944. The number of nitrogens with one attached hydrogen (secondary N) is 2. The van der Waals surface area contributed by atoms with Crippen LogP contribution in [0.2, 0.25) is 0 Å². The summed E-state index contributed by atoms with van der Waals surface area (Å²) in [5.74, 6) is -0.00944. The Morgan fingerprint density at radius 1 is 1.59 bits per heavy atom. The number of nitrogens with zero attached hydrogens (tertiary/aromatic N) is 1. The highest BCUT2D eigenvalue weighted by Gasteiger charge is 2.14. The lowest BCUT2D eigenvalue weighted by Crippen LogP contribution is -2.35. The van der Waals surface area contributed by atoms with Crippen molar-refractivity contribution < 1.29 is 4.79 Å². The monoisotopic (exact) mass is 253 g/mol. The van der Waals surface area contributed by atoms with Gasteiger partial charge in [0.1, 0.15) is 0 Å². The summed E-state index contributed by atoms with van der Waals surface area (Å²) < 4.78 is 0. The van der Waals surface area contributed by atoms with Crippen molar-refractivity contribution in [3.63, 3.8) is 0 Å². The van der Waals surface area contributed by atoms with Crippen molar-refractivity contribution in [2.45, 2.75) is 26.8 Å². The third-order valence-electron chi connectivity index (χ3n) is 2.28. The van der Waals surface area contributed by atoms with Crippen LogP contribution in [0.5, 0.6) is 0 Å². The fourth-order valence-electron chi connectivity index (χ4n) is 1.59. The van der Waals surface area contributed by atoms with Crippen LogP contribution in [0.15, 0.2) is 12.7 Å². The lowest BCUT2D eigenvalue weighted by atomic mass is 10.2. The molecule has 0 aliphatic carbocycles. The molecular weight excluding hydrogens is 234 g/mol. The molecule has 1 rings (SSSR count). The highest BCUT2D eigenvalue weighted by molar-refractivity contribution is 7.11. The predicted octanol–water partition coefficient (Wildman–Crippen LogP) is 1.71. The Bertz CT molecular complexity index is 400. The molecule has 0 aromatic carbocycles. The fourth-order valence-corrected chi connectivity index (χ4v) is 2.52. The number of carbonyl (C=O) groups is 1. The molecule has 0 saturated heterocycles. The molecule has 1 aromatic heterocycles. The number of carbonyl (C=O) groups excluding carboxylic acids is 1. The minimum Gasteiger partial charge on any atom is -0.348 e. The van der Waals surface area contributed by atoms with Gasteiger partial charge in [-0.25, -0.2) is 4.98 Å². The van der Waals surface area contributed by atoms with Crippen molar-refractivity contribution >= 4 is 17.2 Å². The van der Waals surface area contributed by atoms with Crippen LogP contribution in [0.1, 0.15) is 28.5 Å². The van der Waals surface area contributed by atoms with Crippen LogP contribution in [0, 0.1) is 13.8 Å². The van der Waals surface area contributed by atoms with Gasteiger partial charge in [-0.2, -0.15) is 0 Å². The molecule has 0 aliphatic heterocycles. The smallest absolute Gasteiger partial charge is 0.234 e. The van der Waals surface area contributed by atoms with Gasteiger partial charge < -0.3 is 10.6 Å². The van der Waals surface area contributed by atoms with Gasteiger partial charge in [0, 0.05) is 11.4 Å². The summed E-state index contributed by atoms with van der Waals surface area (Å²) in [4.78, 5) is 17.1. The van der Waals surface area contributed by atoms with Crippen molar-refractivity contribution in [3.8, 4) is 0 Å². The molecule has 0 bridgehead atoms. The first-order valence-corrected chi connectivity index (χ1v) is 6.41. The number of rotatable bonds is 6. The standard InChI is InChI=1S/C12H19N3OS/c1-5-6-13-7-11(16)15-9(3)12-8(2)14-10(4)17-12/h5,9,13H,1,6-7H2,2-4H3,(H,15,16). The molecular formula is C12H19N3OS. The van der Waals surface area contributed by atoms with Crippen LogP contribution < -0.4 is 10.6 Å². The van der Waals surface area contributed by atoms with Crippen LogP contribution in [0.25, 0.3) is 0 Å². The molecule has 2 N–H and O–H groups in total. The van der Waals surface area contributed by atoms with E-state index in [0.717, 1.165) is 15.6 Å². The molecule has 1 amide bonds. The molecule has 17 heavy (non-hydrogen) atoms. The zero-order valence-electron chi connectivity index (χ0n) is 10.5. The maximum Gasteiger partial charge on any atom is 0.234 e. The van der Waals surface area contributed by atoms with Gasteiger partial charge in [-0.15, -0.1) is 17.9 Å². The summed E-state index contributed by atoms with van der Waals surface area (Å²) in [6.07, 6.45) is 1.73. The topological polar surface area (TPSA) is 54.0 Å². The molecule has 1 unspecified atom stereocenters. The van der Waals surface area contributed by atoms with E-state index in [1.54, 1.807) is 17.4 Å². The summed E-state index contributed by atoms with van der Waals surface area (Å²) in [5, 5.41) is 6.94. The second-order valence-corrected chi connectivity index (χ2v) is 5.13. The van der Waals surface area contributed by atoms with E-state index in [1.165, 1.54) is 0 Å². The lowest BCUT2D eigenvalue weighted by Gasteiger charge is -2.12. The van der Waals surface area contributed by atoms with Crippen LogP contribution >= 0.6 is 11.3 Å². The Morgan fingerprint density at radius 3 is 2.82 bits per heavy atom. The number of thiazole rings is 1. The Morgan fingerprint density at radius 2 is 2.29 bits per heavy atom. The highest BCUT2D eigenvalue weighted by atomic mass is 32.1. The van der Waals surface area contributed by atoms with Crippen molar-refractivity contribution in [1.82, 2.24) is 15.6 Å². The average molecular weight is 253 g/mol. The molecule has 1 atom stereocenters. The fraction of sp³-hybridized carbons (Fsp3) is 0.500. The molecule has 94 valence electrons. The maximum absolute atomic E-state index is 11.6. The number of hydrogen-bond donors (Lipinski definition) is 2. The van der Waals surface area contributed by atoms with Crippen LogP contribution in [-0.4, -0.2) is 24.0 Å². The van der Waals surface area contributed by atoms with Crippen LogP contribution in [0.4, 0.5) is 0 Å². The van der Waals surface area contributed by atoms with Gasteiger partial charge >= 0.3 is 0 Å². The number of aryl methyl sites for hydroxylation is 2. The number of aromatic nitrogens is 1. The number of hydrogen-bond acceptors (Lipinski definition) is 4. The summed E-state index contributed by atoms with van der Waals surface area (Å²) in [5.41, 5.74) is 0.999. The molecule has 1 heterocycles. The van der Waals surface area contributed by atoms with Crippen molar-refractivity contribution in [2.24, 2.45) is 0 Å². The van der Waals surface area contributed by atoms with Crippen LogP contribution in [0.3, 0.4) is 0 Å². The van der Waals surface area contributed by atoms with Gasteiger partial charge in [-0.05, 0) is 20.8 Å². The van der Waals surface area contributed by atoms with Gasteiger partial charge in [-0.3, -0.25) is 4.79 Å². The first-order valence-electron chi connectivity index (χ1n) is 5.59. The second-order valence-electron chi connectivity index (χ2n) is 3.89. The van der Waals surface area contributed by atoms with Crippen molar-refractivity contribution in [2.75, 3.05) is 13.1 Å². The third kappa shape index (κ3) is 4.28. The Hall–Kier alpha value is -1.20. The van der Waals surface area contributed by atoms with E-state index in [9.17, 15) is 4.79 Å². The Kier molecular flexibility index (Phi) is 5.31. The molecule has 0 aliphatic rings. The first kappa shape index (κ1) is 13.9. The van der Waals surface area contributed by atoms with Crippen molar-refractivity contribution in [3.05, 3.63) is 28.2 Å². The van der Waals surface area contributed by atoms with E-state index < -0.39 is 0 Å². The minimum absolute atomic E-state index is 0.00944. The molecule has 1 aromatic rings. The molecule has 4 nitrogen and oxygen atoms in total. The molecule has 0 saturated carbocycles. The van der Waals surface area contributed by atoms with Crippen LogP contribution in [-0.2, 0) is 4.79 Å². The molecule has 0 radical (unpaired) electrons. The average Bonchev–Trinajstić information content (AvgIpc) is 2.58. The molecule has 0 fully saturated rings. The lowest BCUT2D eigenvalue weighted by molar-refractivity contribution is -0.120. The van der Waals surface area contributed by atoms with E-state index in [1.807, 2.05) is 20.8 Å². The van der Waals surface area contributed by atoms with Gasteiger partial charge in [0.2, 0.25) is 5.91 Å². The first-order chi connectivity index (χ1) is 8.04. The van der Waals surface area contributed by atoms with Gasteiger partial charge in [0.25, 0.3) is 0 Å². The van der Waals surface area contributed by atoms with E-state index in [-0.39, 0.29) is 11.9 Å². The summed E-state index contributed by atoms with van der Waals surface area (Å²) >= 11 is 1.63. The zero-order valence-corrected chi connectivity index (χ0v) is 11.4. The summed E-state index contributed by atoms with van der Waals surface area (Å²) in [7, 11) is 0. The predicted molar refractivity (Wildman–Crippen MR) is 71.2 cm³/mol. The van der Waals surface area contributed by atoms with E-state index in [0.29, 0.717) is 13.1 Å². The summed E-state index contributed by atoms with van der Waals surface area (Å²) in [6, 6.07) is 0.0132. The number of amides is 1. The van der Waals surface area contributed by atoms with E-state index in [2.05, 4.69) is 22.2 Å². The van der Waals surface area contributed by atoms with Gasteiger partial charge in [0.05, 0.1) is 23.3 Å². The normalized spacial score (nSPS) is 12.2. The zero-order chi connectivity index (χ0) is 12.8. The molecule has 0 spiro atoms. The van der Waals surface area contributed by atoms with E-state index in [4.69, 9.17) is 0 Å². The summed E-state index contributed by atoms with van der Waals surface area (Å²) in [6.45, 7) is 10.5. The third-order valence-corrected chi connectivity index (χ3v) is 3.54. The highest BCUT2D eigenvalue weighted by Crippen LogP contribution is 2.24. The maximum atomic E-state index is 11.6. The quantitative estimate of drug-likeness (QED) is 0.599. The molecule has 5 heteroatoms. The van der Waals surface area contributed by atoms with Gasteiger partial charge in [0.15, 0.2) is 0 Å². The Labute approximate surface area is 106 Å². The SMILES string of the molecule is C=CCNCC(=O)NC(C)c1sc(C)nc1C. The van der Waals surface area contributed by atoms with Gasteiger partial charge in [-0.1, -0.05) is 6.08 Å². The largest absolute Gasteiger partial charge is 0.348 e. The second kappa shape index (κ2) is 6.51.